The van der Waals surface area contributed by atoms with Gasteiger partial charge in [0.1, 0.15) is 5.82 Å². The number of aromatic nitrogens is 2. The number of nitrogens with two attached hydrogens (primary N) is 1. The number of nitrogen functional groups attached to an aromatic ring is 1. The molecule has 1 aliphatic heterocycles. The van der Waals surface area contributed by atoms with Crippen molar-refractivity contribution in [1.29, 1.82) is 0 Å². The van der Waals surface area contributed by atoms with Crippen LogP contribution in [0.2, 0.25) is 0 Å². The number of hydrogen-bond donors (Lipinski definition) is 2. The van der Waals surface area contributed by atoms with Gasteiger partial charge in [0.25, 0.3) is 0 Å². The van der Waals surface area contributed by atoms with Crippen molar-refractivity contribution < 1.29 is 17.7 Å². The van der Waals surface area contributed by atoms with E-state index in [1.54, 1.807) is 30.5 Å². The number of anilines is 1. The van der Waals surface area contributed by atoms with Crippen molar-refractivity contribution in [3.8, 4) is 22.5 Å². The number of pyridine rings is 1. The molecule has 2 aromatic heterocycles. The van der Waals surface area contributed by atoms with Crippen LogP contribution in [-0.4, -0.2) is 38.3 Å². The average Bonchev–Trinajstić information content (AvgIpc) is 3.12. The van der Waals surface area contributed by atoms with Crippen molar-refractivity contribution in [3.05, 3.63) is 47.8 Å². The molecule has 0 atom stereocenters. The number of hydrogen-bond acceptors (Lipinski definition) is 7. The number of halogens is 1. The minimum atomic E-state index is -3.66. The summed E-state index contributed by atoms with van der Waals surface area (Å²) in [6.45, 7) is 7.16. The Kier molecular flexibility index (Phi) is 6.43. The Hall–Kier alpha value is -2.46. The van der Waals surface area contributed by atoms with Gasteiger partial charge in [-0.05, 0) is 43.2 Å². The first-order valence-corrected chi connectivity index (χ1v) is 11.0. The molecule has 31 heavy (non-hydrogen) atoms. The highest BCUT2D eigenvalue weighted by Gasteiger charge is 2.34. The van der Waals surface area contributed by atoms with Crippen molar-refractivity contribution in [2.24, 2.45) is 5.41 Å². The lowest BCUT2D eigenvalue weighted by Crippen LogP contribution is -2.48. The van der Waals surface area contributed by atoms with Gasteiger partial charge in [0.15, 0.2) is 5.76 Å². The summed E-state index contributed by atoms with van der Waals surface area (Å²) in [4.78, 5) is 4.47. The molecule has 4 rings (SSSR count). The molecule has 3 N–H and O–H groups in total. The van der Waals surface area contributed by atoms with Gasteiger partial charge < -0.3 is 15.0 Å². The molecule has 0 amide bonds. The molecule has 0 aliphatic carbocycles. The Morgan fingerprint density at radius 3 is 2.52 bits per heavy atom. The van der Waals surface area contributed by atoms with Crippen molar-refractivity contribution in [3.63, 3.8) is 0 Å². The molecular weight excluding hydrogens is 440 g/mol. The van der Waals surface area contributed by atoms with Crippen LogP contribution in [0.15, 0.2) is 45.9 Å². The molecule has 1 fully saturated rings. The summed E-state index contributed by atoms with van der Waals surface area (Å²) in [5.74, 6) is 0.826. The fourth-order valence-corrected chi connectivity index (χ4v) is 4.52. The van der Waals surface area contributed by atoms with E-state index >= 15 is 0 Å². The fourth-order valence-electron chi connectivity index (χ4n) is 3.29. The summed E-state index contributed by atoms with van der Waals surface area (Å²) < 4.78 is 38.9. The van der Waals surface area contributed by atoms with E-state index in [2.05, 4.69) is 14.9 Å². The monoisotopic (exact) mass is 464 g/mol. The third kappa shape index (κ3) is 4.74. The van der Waals surface area contributed by atoms with Gasteiger partial charge in [-0.1, -0.05) is 18.1 Å². The van der Waals surface area contributed by atoms with E-state index in [4.69, 9.17) is 15.0 Å². The Morgan fingerprint density at radius 2 is 1.90 bits per heavy atom. The smallest absolute Gasteiger partial charge is 0.240 e. The van der Waals surface area contributed by atoms with Crippen molar-refractivity contribution in [2.45, 2.75) is 25.7 Å². The van der Waals surface area contributed by atoms with Crippen LogP contribution in [0.4, 0.5) is 5.82 Å². The van der Waals surface area contributed by atoms with Crippen LogP contribution < -0.4 is 10.5 Å². The molecule has 8 nitrogen and oxygen atoms in total. The molecule has 0 bridgehead atoms. The van der Waals surface area contributed by atoms with E-state index in [0.717, 1.165) is 22.4 Å². The van der Waals surface area contributed by atoms with Crippen LogP contribution in [0.5, 0.6) is 0 Å². The maximum atomic E-state index is 12.8. The standard InChI is InChI=1S/C21H24N4O4S.ClH/c1-13-4-5-16(30(26,27)24-10-21(3)11-28-12-21)8-17(13)15-7-18(20(22)23-9-15)19-6-14(2)25-29-19;/h4-9,24H,10-12H2,1-3H3,(H2,22,23);1H. The van der Waals surface area contributed by atoms with Gasteiger partial charge in [-0.2, -0.15) is 0 Å². The second kappa shape index (κ2) is 8.58. The highest BCUT2D eigenvalue weighted by molar-refractivity contribution is 7.89. The number of nitrogens with zero attached hydrogens (tertiary/aromatic N) is 2. The maximum absolute atomic E-state index is 12.8. The van der Waals surface area contributed by atoms with E-state index in [-0.39, 0.29) is 22.7 Å². The molecule has 0 radical (unpaired) electrons. The van der Waals surface area contributed by atoms with Crippen LogP contribution >= 0.6 is 12.4 Å². The van der Waals surface area contributed by atoms with E-state index in [0.29, 0.717) is 36.9 Å². The first-order valence-electron chi connectivity index (χ1n) is 9.55. The topological polar surface area (TPSA) is 120 Å². The number of ether oxygens (including phenoxy) is 1. The van der Waals surface area contributed by atoms with Gasteiger partial charge in [0.05, 0.1) is 29.4 Å². The summed E-state index contributed by atoms with van der Waals surface area (Å²) >= 11 is 0. The Bertz CT molecular complexity index is 1210. The number of nitrogens with one attached hydrogen (secondary N) is 1. The van der Waals surface area contributed by atoms with Gasteiger partial charge in [-0.3, -0.25) is 0 Å². The molecule has 166 valence electrons. The predicted molar refractivity (Wildman–Crippen MR) is 120 cm³/mol. The first-order chi connectivity index (χ1) is 14.2. The number of aryl methyl sites for hydroxylation is 2. The lowest BCUT2D eigenvalue weighted by Gasteiger charge is -2.37. The van der Waals surface area contributed by atoms with E-state index in [1.807, 2.05) is 26.8 Å². The molecule has 3 aromatic rings. The maximum Gasteiger partial charge on any atom is 0.240 e. The molecule has 10 heteroatoms. The van der Waals surface area contributed by atoms with Crippen LogP contribution in [0, 0.1) is 19.3 Å². The van der Waals surface area contributed by atoms with Crippen molar-refractivity contribution >= 4 is 28.2 Å². The zero-order valence-electron chi connectivity index (χ0n) is 17.5. The lowest BCUT2D eigenvalue weighted by molar-refractivity contribution is -0.0965. The van der Waals surface area contributed by atoms with Gasteiger partial charge in [-0.25, -0.2) is 18.1 Å². The second-order valence-corrected chi connectivity index (χ2v) is 9.86. The summed E-state index contributed by atoms with van der Waals surface area (Å²) in [6, 6.07) is 8.65. The van der Waals surface area contributed by atoms with Gasteiger partial charge >= 0.3 is 0 Å². The third-order valence-corrected chi connectivity index (χ3v) is 6.63. The van der Waals surface area contributed by atoms with Gasteiger partial charge in [0, 0.05) is 29.8 Å². The van der Waals surface area contributed by atoms with E-state index in [1.165, 1.54) is 0 Å². The minimum absolute atomic E-state index is 0. The fraction of sp³-hybridized carbons (Fsp3) is 0.333. The van der Waals surface area contributed by atoms with Crippen molar-refractivity contribution in [2.75, 3.05) is 25.5 Å². The molecule has 3 heterocycles. The molecule has 1 aliphatic rings. The Morgan fingerprint density at radius 1 is 1.16 bits per heavy atom. The van der Waals surface area contributed by atoms with Crippen LogP contribution in [0.3, 0.4) is 0 Å². The molecule has 0 spiro atoms. The normalized spacial score (nSPS) is 15.2. The minimum Gasteiger partial charge on any atom is -0.383 e. The predicted octanol–water partition coefficient (Wildman–Crippen LogP) is 3.34. The summed E-state index contributed by atoms with van der Waals surface area (Å²) in [6.07, 6.45) is 1.63. The number of sulfonamides is 1. The number of rotatable bonds is 6. The highest BCUT2D eigenvalue weighted by atomic mass is 35.5. The SMILES string of the molecule is Cc1cc(-c2cc(-c3cc(S(=O)(=O)NCC4(C)COC4)ccc3C)cnc2N)on1.Cl. The van der Waals surface area contributed by atoms with Crippen LogP contribution in [0.1, 0.15) is 18.2 Å². The van der Waals surface area contributed by atoms with Gasteiger partial charge in [0.2, 0.25) is 10.0 Å². The molecule has 1 saturated heterocycles. The first kappa shape index (κ1) is 23.2. The Labute approximate surface area is 187 Å². The van der Waals surface area contributed by atoms with E-state index < -0.39 is 10.0 Å². The van der Waals surface area contributed by atoms with Crippen LogP contribution in [-0.2, 0) is 14.8 Å². The van der Waals surface area contributed by atoms with E-state index in [9.17, 15) is 8.42 Å². The molecule has 0 unspecified atom stereocenters. The number of benzene rings is 1. The second-order valence-electron chi connectivity index (χ2n) is 8.09. The summed E-state index contributed by atoms with van der Waals surface area (Å²) in [5, 5.41) is 3.90. The highest BCUT2D eigenvalue weighted by Crippen LogP contribution is 2.33. The quantitative estimate of drug-likeness (QED) is 0.573. The average molecular weight is 465 g/mol. The largest absolute Gasteiger partial charge is 0.383 e. The molecule has 1 aromatic carbocycles. The van der Waals surface area contributed by atoms with Crippen LogP contribution in [0.25, 0.3) is 22.5 Å². The lowest BCUT2D eigenvalue weighted by atomic mass is 9.89. The summed E-state index contributed by atoms with van der Waals surface area (Å²) in [5.41, 5.74) is 9.61. The third-order valence-electron chi connectivity index (χ3n) is 5.23. The summed E-state index contributed by atoms with van der Waals surface area (Å²) in [7, 11) is -3.66. The zero-order valence-corrected chi connectivity index (χ0v) is 19.1. The zero-order chi connectivity index (χ0) is 21.5. The van der Waals surface area contributed by atoms with Crippen molar-refractivity contribution in [1.82, 2.24) is 14.9 Å². The Balaban J connectivity index is 0.00000272. The van der Waals surface area contributed by atoms with Gasteiger partial charge in [-0.15, -0.1) is 12.4 Å². The molecular formula is C21H25ClN4O4S. The molecule has 0 saturated carbocycles.